The first-order valence-electron chi connectivity index (χ1n) is 10.7. The van der Waals surface area contributed by atoms with E-state index in [0.29, 0.717) is 41.7 Å². The predicted molar refractivity (Wildman–Crippen MR) is 141 cm³/mol. The number of aryl methyl sites for hydroxylation is 1. The molecule has 0 aromatic heterocycles. The molecule has 34 heavy (non-hydrogen) atoms. The van der Waals surface area contributed by atoms with E-state index in [-0.39, 0.29) is 5.57 Å². The number of amides is 1. The van der Waals surface area contributed by atoms with Gasteiger partial charge in [0.1, 0.15) is 24.0 Å². The highest BCUT2D eigenvalue weighted by Crippen LogP contribution is 2.34. The van der Waals surface area contributed by atoms with E-state index in [4.69, 9.17) is 14.2 Å². The molecule has 3 aromatic carbocycles. The number of nitriles is 1. The van der Waals surface area contributed by atoms with Crippen LogP contribution in [0.15, 0.2) is 66.2 Å². The van der Waals surface area contributed by atoms with Gasteiger partial charge in [0.2, 0.25) is 0 Å². The molecule has 0 spiro atoms. The SMILES string of the molecule is CCOc1c(I)cc(/C=C(\C#N)C(=O)Nc2ccc(OCc3ccc(C)cc3)cc2)cc1OC. The zero-order valence-corrected chi connectivity index (χ0v) is 21.4. The van der Waals surface area contributed by atoms with Crippen LogP contribution in [0.2, 0.25) is 0 Å². The maximum Gasteiger partial charge on any atom is 0.266 e. The van der Waals surface area contributed by atoms with Crippen LogP contribution in [0.5, 0.6) is 17.2 Å². The van der Waals surface area contributed by atoms with E-state index in [0.717, 1.165) is 9.13 Å². The highest BCUT2D eigenvalue weighted by atomic mass is 127. The number of carbonyl (C=O) groups is 1. The van der Waals surface area contributed by atoms with E-state index in [1.54, 1.807) is 37.4 Å². The molecule has 7 heteroatoms. The number of rotatable bonds is 9. The summed E-state index contributed by atoms with van der Waals surface area (Å²) in [7, 11) is 1.55. The van der Waals surface area contributed by atoms with Gasteiger partial charge in [-0.25, -0.2) is 0 Å². The molecule has 3 aromatic rings. The van der Waals surface area contributed by atoms with Gasteiger partial charge in [-0.15, -0.1) is 0 Å². The predicted octanol–water partition coefficient (Wildman–Crippen LogP) is 6.13. The Hall–Kier alpha value is -3.51. The number of hydrogen-bond donors (Lipinski definition) is 1. The van der Waals surface area contributed by atoms with Crippen molar-refractivity contribution in [2.24, 2.45) is 0 Å². The van der Waals surface area contributed by atoms with Gasteiger partial charge in [0.15, 0.2) is 11.5 Å². The molecule has 0 heterocycles. The first-order valence-corrected chi connectivity index (χ1v) is 11.7. The van der Waals surface area contributed by atoms with Gasteiger partial charge in [-0.1, -0.05) is 29.8 Å². The van der Waals surface area contributed by atoms with E-state index < -0.39 is 5.91 Å². The number of nitrogens with zero attached hydrogens (tertiary/aromatic N) is 1. The highest BCUT2D eigenvalue weighted by Gasteiger charge is 2.14. The van der Waals surface area contributed by atoms with Crippen molar-refractivity contribution in [3.8, 4) is 23.3 Å². The number of benzene rings is 3. The lowest BCUT2D eigenvalue weighted by Crippen LogP contribution is -2.13. The molecule has 1 amide bonds. The van der Waals surface area contributed by atoms with E-state index in [1.165, 1.54) is 11.6 Å². The summed E-state index contributed by atoms with van der Waals surface area (Å²) in [5.74, 6) is 1.36. The zero-order valence-electron chi connectivity index (χ0n) is 19.2. The third-order valence-corrected chi connectivity index (χ3v) is 5.66. The molecule has 0 unspecified atom stereocenters. The zero-order chi connectivity index (χ0) is 24.5. The number of anilines is 1. The summed E-state index contributed by atoms with van der Waals surface area (Å²) in [5, 5.41) is 12.3. The first kappa shape index (κ1) is 25.1. The third-order valence-electron chi connectivity index (χ3n) is 4.85. The van der Waals surface area contributed by atoms with Gasteiger partial charge >= 0.3 is 0 Å². The van der Waals surface area contributed by atoms with Crippen LogP contribution in [-0.2, 0) is 11.4 Å². The quantitative estimate of drug-likeness (QED) is 0.191. The summed E-state index contributed by atoms with van der Waals surface area (Å²) < 4.78 is 17.6. The van der Waals surface area contributed by atoms with Gasteiger partial charge in [0.25, 0.3) is 5.91 Å². The Morgan fingerprint density at radius 3 is 2.41 bits per heavy atom. The van der Waals surface area contributed by atoms with Gasteiger partial charge in [0.05, 0.1) is 17.3 Å². The normalized spacial score (nSPS) is 10.9. The molecule has 0 aliphatic heterocycles. The van der Waals surface area contributed by atoms with Gasteiger partial charge in [-0.2, -0.15) is 5.26 Å². The molecule has 0 atom stereocenters. The first-order chi connectivity index (χ1) is 16.4. The summed E-state index contributed by atoms with van der Waals surface area (Å²) in [5.41, 5.74) is 3.48. The Bertz CT molecular complexity index is 1210. The van der Waals surface area contributed by atoms with E-state index in [1.807, 2.05) is 50.2 Å². The van der Waals surface area contributed by atoms with Crippen LogP contribution in [-0.4, -0.2) is 19.6 Å². The standard InChI is InChI=1S/C27H25IN2O4/c1-4-33-26-24(28)14-20(15-25(26)32-3)13-21(16-29)27(31)30-22-9-11-23(12-10-22)34-17-19-7-5-18(2)6-8-19/h5-15H,4,17H2,1-3H3,(H,30,31)/b21-13+. The fourth-order valence-electron chi connectivity index (χ4n) is 3.11. The van der Waals surface area contributed by atoms with Gasteiger partial charge < -0.3 is 19.5 Å². The topological polar surface area (TPSA) is 80.6 Å². The van der Waals surface area contributed by atoms with Crippen molar-refractivity contribution in [2.75, 3.05) is 19.0 Å². The lowest BCUT2D eigenvalue weighted by atomic mass is 10.1. The molecule has 0 aliphatic carbocycles. The fourth-order valence-corrected chi connectivity index (χ4v) is 3.89. The molecule has 1 N–H and O–H groups in total. The highest BCUT2D eigenvalue weighted by molar-refractivity contribution is 14.1. The number of hydrogen-bond acceptors (Lipinski definition) is 5. The molecule has 0 aliphatic rings. The van der Waals surface area contributed by atoms with E-state index >= 15 is 0 Å². The monoisotopic (exact) mass is 568 g/mol. The van der Waals surface area contributed by atoms with E-state index in [9.17, 15) is 10.1 Å². The van der Waals surface area contributed by atoms with Gasteiger partial charge in [0, 0.05) is 5.69 Å². The Kier molecular flexibility index (Phi) is 8.93. The Morgan fingerprint density at radius 2 is 1.79 bits per heavy atom. The van der Waals surface area contributed by atoms with Crippen LogP contribution in [0.1, 0.15) is 23.6 Å². The minimum absolute atomic E-state index is 0.0262. The largest absolute Gasteiger partial charge is 0.493 e. The van der Waals surface area contributed by atoms with Crippen LogP contribution in [0, 0.1) is 21.8 Å². The summed E-state index contributed by atoms with van der Waals surface area (Å²) in [4.78, 5) is 12.7. The van der Waals surface area contributed by atoms with Crippen molar-refractivity contribution >= 4 is 40.3 Å². The Morgan fingerprint density at radius 1 is 1.09 bits per heavy atom. The Labute approximate surface area is 213 Å². The van der Waals surface area contributed by atoms with Crippen molar-refractivity contribution in [2.45, 2.75) is 20.5 Å². The number of ether oxygens (including phenoxy) is 3. The Balaban J connectivity index is 1.67. The van der Waals surface area contributed by atoms with Crippen molar-refractivity contribution in [1.82, 2.24) is 0 Å². The number of nitrogens with one attached hydrogen (secondary N) is 1. The van der Waals surface area contributed by atoms with Crippen molar-refractivity contribution in [3.63, 3.8) is 0 Å². The minimum atomic E-state index is -0.501. The second-order valence-electron chi connectivity index (χ2n) is 7.39. The molecule has 174 valence electrons. The maximum absolute atomic E-state index is 12.7. The molecule has 0 saturated heterocycles. The average Bonchev–Trinajstić information content (AvgIpc) is 2.84. The van der Waals surface area contributed by atoms with Crippen molar-refractivity contribution in [1.29, 1.82) is 5.26 Å². The average molecular weight is 568 g/mol. The molecule has 0 fully saturated rings. The number of methoxy groups -OCH3 is 1. The van der Waals surface area contributed by atoms with Crippen LogP contribution in [0.4, 0.5) is 5.69 Å². The summed E-state index contributed by atoms with van der Waals surface area (Å²) >= 11 is 2.14. The molecule has 3 rings (SSSR count). The summed E-state index contributed by atoms with van der Waals surface area (Å²) in [6, 6.07) is 20.7. The second kappa shape index (κ2) is 12.1. The molecule has 0 bridgehead atoms. The number of carbonyl (C=O) groups excluding carboxylic acids is 1. The van der Waals surface area contributed by atoms with E-state index in [2.05, 4.69) is 27.9 Å². The molecule has 0 saturated carbocycles. The molecular formula is C27H25IN2O4. The fraction of sp³-hybridized carbons (Fsp3) is 0.185. The lowest BCUT2D eigenvalue weighted by Gasteiger charge is -2.12. The minimum Gasteiger partial charge on any atom is -0.493 e. The van der Waals surface area contributed by atoms with Gasteiger partial charge in [-0.05, 0) is 90.0 Å². The summed E-state index contributed by atoms with van der Waals surface area (Å²) in [6.45, 7) is 4.89. The third kappa shape index (κ3) is 6.75. The van der Waals surface area contributed by atoms with Crippen molar-refractivity contribution < 1.29 is 19.0 Å². The molecule has 0 radical (unpaired) electrons. The smallest absolute Gasteiger partial charge is 0.266 e. The maximum atomic E-state index is 12.7. The number of halogens is 1. The van der Waals surface area contributed by atoms with Crippen LogP contribution >= 0.6 is 22.6 Å². The lowest BCUT2D eigenvalue weighted by molar-refractivity contribution is -0.112. The summed E-state index contributed by atoms with van der Waals surface area (Å²) in [6.07, 6.45) is 1.52. The molecule has 6 nitrogen and oxygen atoms in total. The van der Waals surface area contributed by atoms with Crippen molar-refractivity contribution in [3.05, 3.63) is 86.5 Å². The van der Waals surface area contributed by atoms with Gasteiger partial charge in [-0.3, -0.25) is 4.79 Å². The second-order valence-corrected chi connectivity index (χ2v) is 8.55. The van der Waals surface area contributed by atoms with Crippen LogP contribution in [0.3, 0.4) is 0 Å². The molecular weight excluding hydrogens is 543 g/mol. The van der Waals surface area contributed by atoms with Crippen LogP contribution in [0.25, 0.3) is 6.08 Å². The van der Waals surface area contributed by atoms with Crippen LogP contribution < -0.4 is 19.5 Å².